The van der Waals surface area contributed by atoms with E-state index in [1.54, 1.807) is 25.1 Å². The van der Waals surface area contributed by atoms with E-state index >= 15 is 0 Å². The molecule has 6 heteroatoms. The molecule has 0 aliphatic carbocycles. The van der Waals surface area contributed by atoms with Gasteiger partial charge in [-0.05, 0) is 59.8 Å². The van der Waals surface area contributed by atoms with Gasteiger partial charge in [-0.15, -0.1) is 0 Å². The zero-order valence-electron chi connectivity index (χ0n) is 12.3. The van der Waals surface area contributed by atoms with Gasteiger partial charge >= 0.3 is 0 Å². The van der Waals surface area contributed by atoms with Crippen molar-refractivity contribution in [3.63, 3.8) is 0 Å². The standard InChI is InChI=1S/C14H22BrNO3S/c1-10(2)8-14(4,17)9-16-20(18,19)13-6-5-11(3)7-12(13)15/h5-7,10,16-17H,8-9H2,1-4H3. The molecule has 0 spiro atoms. The van der Waals surface area contributed by atoms with Crippen molar-refractivity contribution < 1.29 is 13.5 Å². The Hall–Kier alpha value is -0.430. The Morgan fingerprint density at radius 3 is 2.50 bits per heavy atom. The predicted molar refractivity (Wildman–Crippen MR) is 84.1 cm³/mol. The first-order valence-electron chi connectivity index (χ1n) is 6.52. The molecule has 1 aromatic carbocycles. The maximum absolute atomic E-state index is 12.2. The van der Waals surface area contributed by atoms with Crippen LogP contribution in [0.2, 0.25) is 0 Å². The van der Waals surface area contributed by atoms with Crippen LogP contribution in [0.15, 0.2) is 27.6 Å². The third-order valence-corrected chi connectivity index (χ3v) is 5.25. The van der Waals surface area contributed by atoms with Crippen molar-refractivity contribution in [1.82, 2.24) is 4.72 Å². The minimum atomic E-state index is -3.63. The normalized spacial score (nSPS) is 15.3. The number of halogens is 1. The summed E-state index contributed by atoms with van der Waals surface area (Å²) in [5.41, 5.74) is -0.0825. The van der Waals surface area contributed by atoms with Crippen LogP contribution in [0.5, 0.6) is 0 Å². The summed E-state index contributed by atoms with van der Waals surface area (Å²) in [6.07, 6.45) is 0.532. The van der Waals surface area contributed by atoms with Gasteiger partial charge < -0.3 is 5.11 Å². The monoisotopic (exact) mass is 363 g/mol. The molecule has 4 nitrogen and oxygen atoms in total. The Labute approximate surface area is 129 Å². The minimum absolute atomic E-state index is 0.00612. The fourth-order valence-corrected chi connectivity index (χ4v) is 4.46. The zero-order chi connectivity index (χ0) is 15.6. The Morgan fingerprint density at radius 2 is 2.00 bits per heavy atom. The molecule has 1 aromatic rings. The third-order valence-electron chi connectivity index (χ3n) is 2.87. The highest BCUT2D eigenvalue weighted by Crippen LogP contribution is 2.23. The molecule has 0 bridgehead atoms. The van der Waals surface area contributed by atoms with Gasteiger partial charge in [-0.25, -0.2) is 13.1 Å². The number of rotatable bonds is 6. The van der Waals surface area contributed by atoms with Crippen LogP contribution in [0.1, 0.15) is 32.8 Å². The van der Waals surface area contributed by atoms with Gasteiger partial charge in [-0.1, -0.05) is 19.9 Å². The second-order valence-corrected chi connectivity index (χ2v) is 8.44. The molecule has 0 radical (unpaired) electrons. The SMILES string of the molecule is Cc1ccc(S(=O)(=O)NCC(C)(O)CC(C)C)c(Br)c1. The molecule has 0 saturated carbocycles. The van der Waals surface area contributed by atoms with Crippen molar-refractivity contribution in [3.05, 3.63) is 28.2 Å². The van der Waals surface area contributed by atoms with Crippen molar-refractivity contribution in [1.29, 1.82) is 0 Å². The maximum Gasteiger partial charge on any atom is 0.241 e. The molecule has 0 saturated heterocycles. The molecular weight excluding hydrogens is 342 g/mol. The number of aliphatic hydroxyl groups is 1. The van der Waals surface area contributed by atoms with E-state index in [4.69, 9.17) is 0 Å². The lowest BCUT2D eigenvalue weighted by atomic mass is 9.95. The van der Waals surface area contributed by atoms with Gasteiger partial charge in [0.05, 0.1) is 10.5 Å². The first kappa shape index (κ1) is 17.6. The maximum atomic E-state index is 12.2. The molecule has 114 valence electrons. The summed E-state index contributed by atoms with van der Waals surface area (Å²) < 4.78 is 27.5. The second-order valence-electron chi connectivity index (χ2n) is 5.85. The number of hydrogen-bond donors (Lipinski definition) is 2. The summed E-state index contributed by atoms with van der Waals surface area (Å²) in [5.74, 6) is 0.292. The number of sulfonamides is 1. The molecule has 0 aliphatic heterocycles. The second kappa shape index (κ2) is 6.56. The van der Waals surface area contributed by atoms with E-state index in [2.05, 4.69) is 20.7 Å². The lowest BCUT2D eigenvalue weighted by Gasteiger charge is -2.25. The van der Waals surface area contributed by atoms with Crippen LogP contribution >= 0.6 is 15.9 Å². The van der Waals surface area contributed by atoms with Crippen LogP contribution < -0.4 is 4.72 Å². The number of nitrogens with one attached hydrogen (secondary N) is 1. The van der Waals surface area contributed by atoms with Crippen molar-refractivity contribution >= 4 is 26.0 Å². The van der Waals surface area contributed by atoms with Crippen LogP contribution in [0.3, 0.4) is 0 Å². The van der Waals surface area contributed by atoms with Crippen LogP contribution in [-0.4, -0.2) is 25.7 Å². The van der Waals surface area contributed by atoms with Gasteiger partial charge in [0.15, 0.2) is 0 Å². The largest absolute Gasteiger partial charge is 0.389 e. The topological polar surface area (TPSA) is 66.4 Å². The zero-order valence-corrected chi connectivity index (χ0v) is 14.7. The van der Waals surface area contributed by atoms with E-state index in [0.717, 1.165) is 5.56 Å². The molecule has 1 unspecified atom stereocenters. The van der Waals surface area contributed by atoms with Crippen LogP contribution in [0.25, 0.3) is 0 Å². The number of aryl methyl sites for hydroxylation is 1. The van der Waals surface area contributed by atoms with Gasteiger partial charge in [0.1, 0.15) is 0 Å². The highest BCUT2D eigenvalue weighted by atomic mass is 79.9. The summed E-state index contributed by atoms with van der Waals surface area (Å²) in [7, 11) is -3.63. The van der Waals surface area contributed by atoms with Gasteiger partial charge in [0.25, 0.3) is 0 Å². The van der Waals surface area contributed by atoms with Gasteiger partial charge in [0.2, 0.25) is 10.0 Å². The molecule has 1 rings (SSSR count). The fourth-order valence-electron chi connectivity index (χ4n) is 2.10. The van der Waals surface area contributed by atoms with Gasteiger partial charge in [0, 0.05) is 11.0 Å². The van der Waals surface area contributed by atoms with E-state index in [9.17, 15) is 13.5 Å². The molecule has 20 heavy (non-hydrogen) atoms. The lowest BCUT2D eigenvalue weighted by Crippen LogP contribution is -2.41. The van der Waals surface area contributed by atoms with E-state index < -0.39 is 15.6 Å². The van der Waals surface area contributed by atoms with E-state index in [-0.39, 0.29) is 11.4 Å². The molecule has 0 aromatic heterocycles. The smallest absolute Gasteiger partial charge is 0.241 e. The van der Waals surface area contributed by atoms with Gasteiger partial charge in [-0.3, -0.25) is 0 Å². The first-order valence-corrected chi connectivity index (χ1v) is 8.79. The van der Waals surface area contributed by atoms with Crippen LogP contribution in [-0.2, 0) is 10.0 Å². The quantitative estimate of drug-likeness (QED) is 0.816. The third kappa shape index (κ3) is 5.16. The Kier molecular flexibility index (Phi) is 5.78. The predicted octanol–water partition coefficient (Wildman–Crippen LogP) is 2.83. The molecule has 0 fully saturated rings. The summed E-state index contributed by atoms with van der Waals surface area (Å²) in [5, 5.41) is 10.2. The lowest BCUT2D eigenvalue weighted by molar-refractivity contribution is 0.0437. The average Bonchev–Trinajstić information content (AvgIpc) is 2.24. The fraction of sp³-hybridized carbons (Fsp3) is 0.571. The first-order chi connectivity index (χ1) is 9.03. The highest BCUT2D eigenvalue weighted by molar-refractivity contribution is 9.10. The molecule has 2 N–H and O–H groups in total. The summed E-state index contributed by atoms with van der Waals surface area (Å²) in [4.78, 5) is 0.184. The summed E-state index contributed by atoms with van der Waals surface area (Å²) in [6, 6.07) is 5.05. The average molecular weight is 364 g/mol. The molecule has 0 aliphatic rings. The van der Waals surface area contributed by atoms with E-state index in [1.165, 1.54) is 0 Å². The van der Waals surface area contributed by atoms with E-state index in [1.807, 2.05) is 20.8 Å². The Morgan fingerprint density at radius 1 is 1.40 bits per heavy atom. The van der Waals surface area contributed by atoms with Crippen molar-refractivity contribution in [2.45, 2.75) is 44.6 Å². The molecule has 0 heterocycles. The number of hydrogen-bond acceptors (Lipinski definition) is 3. The van der Waals surface area contributed by atoms with Gasteiger partial charge in [-0.2, -0.15) is 0 Å². The molecule has 1 atom stereocenters. The molecular formula is C14H22BrNO3S. The number of benzene rings is 1. The molecule has 0 amide bonds. The van der Waals surface area contributed by atoms with Crippen LogP contribution in [0.4, 0.5) is 0 Å². The Balaban J connectivity index is 2.85. The van der Waals surface area contributed by atoms with Crippen molar-refractivity contribution in [3.8, 4) is 0 Å². The van der Waals surface area contributed by atoms with Crippen molar-refractivity contribution in [2.24, 2.45) is 5.92 Å². The van der Waals surface area contributed by atoms with E-state index in [0.29, 0.717) is 16.8 Å². The highest BCUT2D eigenvalue weighted by Gasteiger charge is 2.26. The summed E-state index contributed by atoms with van der Waals surface area (Å²) >= 11 is 3.26. The van der Waals surface area contributed by atoms with Crippen LogP contribution in [0, 0.1) is 12.8 Å². The summed E-state index contributed by atoms with van der Waals surface area (Å²) in [6.45, 7) is 7.49. The Bertz CT molecular complexity index is 568. The minimum Gasteiger partial charge on any atom is -0.389 e. The van der Waals surface area contributed by atoms with Crippen molar-refractivity contribution in [2.75, 3.05) is 6.54 Å².